The maximum Gasteiger partial charge on any atom is 0.248 e. The Kier molecular flexibility index (Phi) is 22.0. The summed E-state index contributed by atoms with van der Waals surface area (Å²) in [7, 11) is 0. The maximum absolute atomic E-state index is 15.1. The molecule has 15 nitrogen and oxygen atoms in total. The minimum atomic E-state index is -1.04. The number of imide groups is 1. The standard InChI is InChI=1S/C51H72F2N6O9/c1-7-19-51(8-2,9-3)40-32-45(62)59(49(40)65)23-25-67-27-29-68-28-26-66-24-18-44(61)55-20-21-56-48(64)42(54)17-22-58(46(63)35-60)47(50(4,5)6)43-30-37(39-31-38(52)15-16-41(39)53)34-57(43)33-36-13-11-10-12-14-36/h7,10-16,30-31,34,40,42,47,60H,1,8-9,17-29,32-33,35,54H2,2-6H3,(H,55,61)(H,56,64)/t40?,42-,47-/m0/s1. The first-order chi connectivity index (χ1) is 32.5. The summed E-state index contributed by atoms with van der Waals surface area (Å²) >= 11 is 0. The van der Waals surface area contributed by atoms with Crippen LogP contribution in [0.25, 0.3) is 11.1 Å². The lowest BCUT2D eigenvalue weighted by molar-refractivity contribution is -0.142. The molecule has 0 bridgehead atoms. The van der Waals surface area contributed by atoms with Gasteiger partial charge in [0, 0.05) is 62.0 Å². The van der Waals surface area contributed by atoms with Gasteiger partial charge in [0.25, 0.3) is 0 Å². The van der Waals surface area contributed by atoms with Crippen LogP contribution in [-0.2, 0) is 44.7 Å². The van der Waals surface area contributed by atoms with Crippen LogP contribution < -0.4 is 16.4 Å². The smallest absolute Gasteiger partial charge is 0.248 e. The van der Waals surface area contributed by atoms with E-state index >= 15 is 4.39 Å². The Balaban J connectivity index is 1.16. The van der Waals surface area contributed by atoms with E-state index < -0.39 is 47.6 Å². The van der Waals surface area contributed by atoms with Gasteiger partial charge in [-0.1, -0.05) is 71.0 Å². The van der Waals surface area contributed by atoms with E-state index in [9.17, 15) is 33.5 Å². The van der Waals surface area contributed by atoms with Crippen molar-refractivity contribution in [2.45, 2.75) is 91.8 Å². The summed E-state index contributed by atoms with van der Waals surface area (Å²) in [6.07, 6.45) is 6.18. The number of nitrogens with one attached hydrogen (secondary N) is 2. The zero-order valence-electron chi connectivity index (χ0n) is 40.4. The fourth-order valence-electron chi connectivity index (χ4n) is 8.84. The van der Waals surface area contributed by atoms with Crippen LogP contribution in [0.3, 0.4) is 0 Å². The molecule has 1 aromatic heterocycles. The third-order valence-electron chi connectivity index (χ3n) is 12.6. The number of aliphatic hydroxyl groups excluding tert-OH is 1. The highest BCUT2D eigenvalue weighted by Crippen LogP contribution is 2.45. The lowest BCUT2D eigenvalue weighted by Crippen LogP contribution is -2.48. The van der Waals surface area contributed by atoms with Gasteiger partial charge >= 0.3 is 0 Å². The summed E-state index contributed by atoms with van der Waals surface area (Å²) in [4.78, 5) is 67.5. The van der Waals surface area contributed by atoms with Gasteiger partial charge in [-0.25, -0.2) is 8.78 Å². The predicted octanol–water partition coefficient (Wildman–Crippen LogP) is 5.54. The molecule has 17 heteroatoms. The second kappa shape index (κ2) is 27.0. The molecule has 5 N–H and O–H groups in total. The molecular formula is C51H72F2N6O9. The van der Waals surface area contributed by atoms with Crippen LogP contribution in [0.15, 0.2) is 73.4 Å². The van der Waals surface area contributed by atoms with Gasteiger partial charge in [0.2, 0.25) is 29.5 Å². The van der Waals surface area contributed by atoms with Gasteiger partial charge in [0.05, 0.1) is 64.2 Å². The second-order valence-corrected chi connectivity index (χ2v) is 18.2. The van der Waals surface area contributed by atoms with Crippen molar-refractivity contribution < 1.29 is 52.1 Å². The average molecular weight is 951 g/mol. The quantitative estimate of drug-likeness (QED) is 0.0375. The Morgan fingerprint density at radius 3 is 2.22 bits per heavy atom. The molecule has 0 radical (unpaired) electrons. The zero-order chi connectivity index (χ0) is 49.9. The van der Waals surface area contributed by atoms with E-state index in [4.69, 9.17) is 19.9 Å². The highest BCUT2D eigenvalue weighted by Gasteiger charge is 2.48. The summed E-state index contributed by atoms with van der Waals surface area (Å²) in [6, 6.07) is 12.8. The first-order valence-corrected chi connectivity index (χ1v) is 23.6. The normalized spacial score (nSPS) is 15.1. The molecule has 1 aliphatic heterocycles. The monoisotopic (exact) mass is 951 g/mol. The molecule has 0 saturated carbocycles. The number of amides is 5. The minimum Gasteiger partial charge on any atom is -0.387 e. The number of ether oxygens (including phenoxy) is 3. The zero-order valence-corrected chi connectivity index (χ0v) is 40.4. The number of carbonyl (C=O) groups is 5. The highest BCUT2D eigenvalue weighted by molar-refractivity contribution is 6.04. The van der Waals surface area contributed by atoms with Crippen molar-refractivity contribution in [2.24, 2.45) is 22.5 Å². The average Bonchev–Trinajstić information content (AvgIpc) is 3.85. The van der Waals surface area contributed by atoms with E-state index in [0.29, 0.717) is 30.8 Å². The van der Waals surface area contributed by atoms with Crippen molar-refractivity contribution in [3.63, 3.8) is 0 Å². The Labute approximate surface area is 399 Å². The molecular weight excluding hydrogens is 879 g/mol. The molecule has 1 fully saturated rings. The van der Waals surface area contributed by atoms with Crippen molar-refractivity contribution in [1.29, 1.82) is 0 Å². The lowest BCUT2D eigenvalue weighted by Gasteiger charge is -2.41. The van der Waals surface area contributed by atoms with Gasteiger partial charge in [0.1, 0.15) is 18.2 Å². The van der Waals surface area contributed by atoms with Crippen molar-refractivity contribution >= 4 is 29.5 Å². The molecule has 1 unspecified atom stereocenters. The van der Waals surface area contributed by atoms with Gasteiger partial charge in [0.15, 0.2) is 0 Å². The lowest BCUT2D eigenvalue weighted by atomic mass is 9.68. The minimum absolute atomic E-state index is 0.00665. The summed E-state index contributed by atoms with van der Waals surface area (Å²) in [6.45, 7) is 15.2. The first-order valence-electron chi connectivity index (χ1n) is 23.6. The SMILES string of the molecule is C=CCC(CC)(CC)C1CC(=O)N(CCOCCOCCOCCC(=O)NCCNC(=O)[C@@H](N)CCN(C(=O)CO)[C@@H](c2cc(-c3cc(F)ccc3F)cn2Cc2ccccc2)C(C)(C)C)C1=O. The molecule has 1 saturated heterocycles. The van der Waals surface area contributed by atoms with E-state index in [0.717, 1.165) is 36.6 Å². The van der Waals surface area contributed by atoms with E-state index in [1.807, 2.05) is 61.7 Å². The molecule has 2 heterocycles. The van der Waals surface area contributed by atoms with Crippen molar-refractivity contribution in [2.75, 3.05) is 72.4 Å². The third-order valence-corrected chi connectivity index (χ3v) is 12.6. The number of halogens is 2. The number of carbonyl (C=O) groups excluding carboxylic acids is 5. The van der Waals surface area contributed by atoms with Crippen LogP contribution in [0, 0.1) is 28.4 Å². The fraction of sp³-hybridized carbons (Fsp3) is 0.549. The van der Waals surface area contributed by atoms with Crippen LogP contribution in [0.4, 0.5) is 8.78 Å². The number of aromatic nitrogens is 1. The number of likely N-dealkylation sites (tertiary alicyclic amines) is 1. The van der Waals surface area contributed by atoms with Gasteiger partial charge in [-0.3, -0.25) is 28.9 Å². The summed E-state index contributed by atoms with van der Waals surface area (Å²) in [5.74, 6) is -3.21. The molecule has 0 spiro atoms. The van der Waals surface area contributed by atoms with Crippen LogP contribution in [0.1, 0.15) is 90.4 Å². The molecule has 5 amide bonds. The molecule has 3 aromatic rings. The second-order valence-electron chi connectivity index (χ2n) is 18.2. The number of hydrogen-bond acceptors (Lipinski definition) is 10. The van der Waals surface area contributed by atoms with Crippen LogP contribution in [0.2, 0.25) is 0 Å². The maximum atomic E-state index is 15.1. The van der Waals surface area contributed by atoms with Gasteiger partial charge < -0.3 is 45.2 Å². The number of nitrogens with two attached hydrogens (primary N) is 1. The Morgan fingerprint density at radius 2 is 1.59 bits per heavy atom. The van der Waals surface area contributed by atoms with E-state index in [1.54, 1.807) is 12.3 Å². The number of benzene rings is 2. The van der Waals surface area contributed by atoms with Gasteiger partial charge in [-0.05, 0) is 66.3 Å². The van der Waals surface area contributed by atoms with Gasteiger partial charge in [-0.2, -0.15) is 0 Å². The number of hydrogen-bond donors (Lipinski definition) is 4. The Morgan fingerprint density at radius 1 is 0.941 bits per heavy atom. The Bertz CT molecular complexity index is 2120. The topological polar surface area (TPSA) is 195 Å². The number of rotatable bonds is 30. The predicted molar refractivity (Wildman–Crippen MR) is 255 cm³/mol. The third kappa shape index (κ3) is 15.6. The summed E-state index contributed by atoms with van der Waals surface area (Å²) < 4.78 is 47.9. The van der Waals surface area contributed by atoms with Crippen molar-refractivity contribution in [3.8, 4) is 11.1 Å². The largest absolute Gasteiger partial charge is 0.387 e. The summed E-state index contributed by atoms with van der Waals surface area (Å²) in [5, 5.41) is 15.6. The molecule has 3 atom stereocenters. The number of nitrogens with zero attached hydrogens (tertiary/aromatic N) is 3. The van der Waals surface area contributed by atoms with E-state index in [1.165, 1.54) is 9.80 Å². The van der Waals surface area contributed by atoms with Crippen LogP contribution >= 0.6 is 0 Å². The summed E-state index contributed by atoms with van der Waals surface area (Å²) in [5.41, 5.74) is 7.42. The van der Waals surface area contributed by atoms with E-state index in [-0.39, 0.29) is 113 Å². The molecule has 0 aliphatic carbocycles. The highest BCUT2D eigenvalue weighted by atomic mass is 19.1. The molecule has 2 aromatic carbocycles. The molecule has 374 valence electrons. The van der Waals surface area contributed by atoms with Crippen LogP contribution in [-0.4, -0.2) is 127 Å². The molecule has 4 rings (SSSR count). The van der Waals surface area contributed by atoms with Gasteiger partial charge in [-0.15, -0.1) is 6.58 Å². The van der Waals surface area contributed by atoms with E-state index in [2.05, 4.69) is 31.1 Å². The molecule has 1 aliphatic rings. The van der Waals surface area contributed by atoms with Crippen molar-refractivity contribution in [1.82, 2.24) is 25.0 Å². The Hall–Kier alpha value is -5.33. The number of aliphatic hydroxyl groups is 1. The first kappa shape index (κ1) is 55.3. The van der Waals surface area contributed by atoms with Crippen molar-refractivity contribution in [3.05, 3.63) is 96.3 Å². The van der Waals surface area contributed by atoms with Crippen LogP contribution in [0.5, 0.6) is 0 Å². The molecule has 68 heavy (non-hydrogen) atoms. The fourth-order valence-corrected chi connectivity index (χ4v) is 8.84. The number of allylic oxidation sites excluding steroid dienone is 1.